The van der Waals surface area contributed by atoms with Crippen molar-refractivity contribution < 1.29 is 24.0 Å². The van der Waals surface area contributed by atoms with E-state index in [1.807, 2.05) is 19.2 Å². The summed E-state index contributed by atoms with van der Waals surface area (Å²) in [5.74, 6) is 0.186. The lowest BCUT2D eigenvalue weighted by molar-refractivity contribution is -0.901. The number of methoxy groups -OCH3 is 1. The fraction of sp³-hybridized carbons (Fsp3) is 0.318. The third kappa shape index (κ3) is 4.13. The van der Waals surface area contributed by atoms with Crippen LogP contribution in [0.25, 0.3) is 0 Å². The Morgan fingerprint density at radius 3 is 2.53 bits per heavy atom. The van der Waals surface area contributed by atoms with Crippen molar-refractivity contribution in [2.45, 2.75) is 19.0 Å². The molecule has 158 valence electrons. The second-order valence-corrected chi connectivity index (χ2v) is 7.59. The molecule has 3 rings (SSSR count). The van der Waals surface area contributed by atoms with Gasteiger partial charge >= 0.3 is 6.03 Å². The molecule has 30 heavy (non-hydrogen) atoms. The summed E-state index contributed by atoms with van der Waals surface area (Å²) in [6.45, 7) is 2.53. The number of imide groups is 1. The average molecular weight is 411 g/mol. The van der Waals surface area contributed by atoms with Gasteiger partial charge in [-0.1, -0.05) is 24.3 Å². The van der Waals surface area contributed by atoms with E-state index in [-0.39, 0.29) is 18.5 Å². The number of nitrogens with one attached hydrogen (secondary N) is 3. The van der Waals surface area contributed by atoms with Crippen LogP contribution in [0.15, 0.2) is 48.5 Å². The number of ether oxygens (including phenoxy) is 1. The smallest absolute Gasteiger partial charge is 0.329 e. The van der Waals surface area contributed by atoms with Crippen molar-refractivity contribution >= 4 is 17.8 Å². The fourth-order valence-electron chi connectivity index (χ4n) is 3.56. The first-order chi connectivity index (χ1) is 14.3. The molecule has 2 aromatic carbocycles. The number of rotatable bonds is 7. The molecule has 8 nitrogen and oxygen atoms in total. The molecule has 0 spiro atoms. The Hall–Kier alpha value is -3.39. The maximum atomic E-state index is 13.1. The maximum Gasteiger partial charge on any atom is 0.329 e. The van der Waals surface area contributed by atoms with E-state index in [9.17, 15) is 14.4 Å². The summed E-state index contributed by atoms with van der Waals surface area (Å²) in [6, 6.07) is 14.0. The Morgan fingerprint density at radius 2 is 1.90 bits per heavy atom. The molecule has 0 aliphatic carbocycles. The van der Waals surface area contributed by atoms with Gasteiger partial charge in [0, 0.05) is 18.2 Å². The van der Waals surface area contributed by atoms with E-state index in [1.165, 1.54) is 4.90 Å². The predicted molar refractivity (Wildman–Crippen MR) is 111 cm³/mol. The third-order valence-electron chi connectivity index (χ3n) is 5.30. The van der Waals surface area contributed by atoms with Gasteiger partial charge in [-0.2, -0.15) is 0 Å². The summed E-state index contributed by atoms with van der Waals surface area (Å²) in [4.78, 5) is 39.6. The van der Waals surface area contributed by atoms with Gasteiger partial charge in [0.1, 0.15) is 17.8 Å². The zero-order chi connectivity index (χ0) is 21.9. The molecule has 1 saturated heterocycles. The average Bonchev–Trinajstić information content (AvgIpc) is 2.97. The zero-order valence-electron chi connectivity index (χ0n) is 17.6. The highest BCUT2D eigenvalue weighted by Crippen LogP contribution is 2.30. The fourth-order valence-corrected chi connectivity index (χ4v) is 3.56. The number of quaternary nitrogens is 1. The Balaban J connectivity index is 1.69. The van der Waals surface area contributed by atoms with E-state index < -0.39 is 11.6 Å². The lowest BCUT2D eigenvalue weighted by atomic mass is 9.92. The number of amides is 4. The van der Waals surface area contributed by atoms with Gasteiger partial charge in [0.05, 0.1) is 14.2 Å². The molecule has 1 fully saturated rings. The van der Waals surface area contributed by atoms with Crippen LogP contribution >= 0.6 is 0 Å². The van der Waals surface area contributed by atoms with Crippen molar-refractivity contribution in [1.29, 1.82) is 0 Å². The molecule has 0 radical (unpaired) electrons. The minimum absolute atomic E-state index is 0.140. The van der Waals surface area contributed by atoms with Gasteiger partial charge in [-0.15, -0.1) is 0 Å². The molecule has 1 unspecified atom stereocenters. The van der Waals surface area contributed by atoms with Crippen LogP contribution in [0.4, 0.5) is 4.79 Å². The van der Waals surface area contributed by atoms with Gasteiger partial charge < -0.3 is 20.3 Å². The maximum absolute atomic E-state index is 13.1. The number of benzene rings is 2. The molecule has 4 amide bonds. The third-order valence-corrected chi connectivity index (χ3v) is 5.30. The number of nitrogens with zero attached hydrogens (tertiary/aromatic N) is 1. The lowest BCUT2D eigenvalue weighted by Gasteiger charge is -2.23. The molecule has 0 aromatic heterocycles. The van der Waals surface area contributed by atoms with Crippen molar-refractivity contribution in [3.05, 3.63) is 65.2 Å². The van der Waals surface area contributed by atoms with Gasteiger partial charge in [0.2, 0.25) is 0 Å². The van der Waals surface area contributed by atoms with E-state index >= 15 is 0 Å². The molecule has 2 atom stereocenters. The molecule has 1 heterocycles. The quantitative estimate of drug-likeness (QED) is 0.579. The van der Waals surface area contributed by atoms with Gasteiger partial charge in [0.15, 0.2) is 6.67 Å². The van der Waals surface area contributed by atoms with E-state index in [2.05, 4.69) is 10.6 Å². The molecule has 3 N–H and O–H groups in total. The summed E-state index contributed by atoms with van der Waals surface area (Å²) < 4.78 is 5.24. The first-order valence-corrected chi connectivity index (χ1v) is 9.69. The van der Waals surface area contributed by atoms with Crippen LogP contribution in [0.5, 0.6) is 5.75 Å². The summed E-state index contributed by atoms with van der Waals surface area (Å²) in [5.41, 5.74) is 1.12. The summed E-state index contributed by atoms with van der Waals surface area (Å²) in [5, 5.41) is 5.40. The summed E-state index contributed by atoms with van der Waals surface area (Å²) >= 11 is 0. The largest absolute Gasteiger partial charge is 0.497 e. The Bertz CT molecular complexity index is 960. The van der Waals surface area contributed by atoms with Crippen molar-refractivity contribution in [2.24, 2.45) is 0 Å². The van der Waals surface area contributed by atoms with E-state index in [4.69, 9.17) is 4.74 Å². The molecular weight excluding hydrogens is 384 g/mol. The SMILES string of the molecule is CNC(=O)c1ccc(C[NH+](C)CN2C(=O)N[C@@](C)(c3cccc(OC)c3)C2=O)cc1. The van der Waals surface area contributed by atoms with E-state index in [0.717, 1.165) is 10.5 Å². The molecule has 1 aliphatic heterocycles. The normalized spacial score (nSPS) is 19.4. The van der Waals surface area contributed by atoms with Crippen LogP contribution in [0.3, 0.4) is 0 Å². The van der Waals surface area contributed by atoms with Crippen molar-refractivity contribution in [1.82, 2.24) is 15.5 Å². The Morgan fingerprint density at radius 1 is 1.20 bits per heavy atom. The van der Waals surface area contributed by atoms with E-state index in [1.54, 1.807) is 57.5 Å². The molecule has 1 aliphatic rings. The van der Waals surface area contributed by atoms with Gasteiger partial charge in [0.25, 0.3) is 11.8 Å². The molecular formula is C22H27N4O4+. The number of urea groups is 1. The van der Waals surface area contributed by atoms with Gasteiger partial charge in [-0.3, -0.25) is 9.59 Å². The molecule has 0 saturated carbocycles. The summed E-state index contributed by atoms with van der Waals surface area (Å²) in [7, 11) is 5.06. The highest BCUT2D eigenvalue weighted by atomic mass is 16.5. The van der Waals surface area contributed by atoms with Crippen molar-refractivity contribution in [3.63, 3.8) is 0 Å². The first kappa shape index (κ1) is 21.3. The number of hydrogen-bond acceptors (Lipinski definition) is 4. The highest BCUT2D eigenvalue weighted by molar-refractivity contribution is 6.07. The van der Waals surface area contributed by atoms with Crippen LogP contribution < -0.4 is 20.3 Å². The first-order valence-electron chi connectivity index (χ1n) is 9.69. The highest BCUT2D eigenvalue weighted by Gasteiger charge is 2.50. The minimum Gasteiger partial charge on any atom is -0.497 e. The number of hydrogen-bond donors (Lipinski definition) is 3. The standard InChI is InChI=1S/C22H26N4O4/c1-22(17-6-5-7-18(12-17)30-4)20(28)26(21(29)24-22)14-25(3)13-15-8-10-16(11-9-15)19(27)23-2/h5-12H,13-14H2,1-4H3,(H,23,27)(H,24,29)/p+1/t22-/m0/s1. The second kappa shape index (κ2) is 8.54. The monoisotopic (exact) mass is 411 g/mol. The second-order valence-electron chi connectivity index (χ2n) is 7.59. The molecule has 0 bridgehead atoms. The van der Waals surface area contributed by atoms with Gasteiger partial charge in [-0.05, 0) is 36.8 Å². The Labute approximate surface area is 175 Å². The Kier molecular flexibility index (Phi) is 6.07. The van der Waals surface area contributed by atoms with Crippen LogP contribution in [-0.2, 0) is 16.9 Å². The predicted octanol–water partition coefficient (Wildman–Crippen LogP) is 0.494. The lowest BCUT2D eigenvalue weighted by Crippen LogP contribution is -3.09. The van der Waals surface area contributed by atoms with Crippen LogP contribution in [0.1, 0.15) is 28.4 Å². The van der Waals surface area contributed by atoms with Crippen molar-refractivity contribution in [2.75, 3.05) is 27.9 Å². The minimum atomic E-state index is -1.14. The molecule has 8 heteroatoms. The zero-order valence-corrected chi connectivity index (χ0v) is 17.6. The topological polar surface area (TPSA) is 92.2 Å². The van der Waals surface area contributed by atoms with Gasteiger partial charge in [-0.25, -0.2) is 9.69 Å². The van der Waals surface area contributed by atoms with E-state index in [0.29, 0.717) is 23.4 Å². The number of carbonyl (C=O) groups excluding carboxylic acids is 3. The van der Waals surface area contributed by atoms with Crippen LogP contribution in [-0.4, -0.2) is 50.6 Å². The van der Waals surface area contributed by atoms with Crippen LogP contribution in [0.2, 0.25) is 0 Å². The van der Waals surface area contributed by atoms with Crippen LogP contribution in [0, 0.1) is 0 Å². The molecule has 2 aromatic rings. The van der Waals surface area contributed by atoms with Crippen molar-refractivity contribution in [3.8, 4) is 5.75 Å². The number of carbonyl (C=O) groups is 3. The summed E-state index contributed by atoms with van der Waals surface area (Å²) in [6.07, 6.45) is 0.